The highest BCUT2D eigenvalue weighted by Gasteiger charge is 2.63. The molecule has 0 aromatic rings. The Labute approximate surface area is 117 Å². The fraction of sp³-hybridized carbons (Fsp3) is 0.917. The number of hydrogen-bond donors (Lipinski definition) is 5. The molecule has 20 heavy (non-hydrogen) atoms. The first-order valence-corrected chi connectivity index (χ1v) is 8.42. The fourth-order valence-corrected chi connectivity index (χ4v) is 5.06. The summed E-state index contributed by atoms with van der Waals surface area (Å²) in [5.74, 6) is -1.70. The molecular weight excluding hydrogens is 285 g/mol. The first kappa shape index (κ1) is 15.9. The normalized spacial score (nSPS) is 41.7. The maximum absolute atomic E-state index is 11.7. The van der Waals surface area contributed by atoms with Crippen LogP contribution in [0.25, 0.3) is 0 Å². The van der Waals surface area contributed by atoms with Crippen molar-refractivity contribution in [3.63, 3.8) is 0 Å². The van der Waals surface area contributed by atoms with Gasteiger partial charge in [-0.05, 0) is 30.6 Å². The maximum atomic E-state index is 11.7. The Hall–Kier alpha value is -0.460. The van der Waals surface area contributed by atoms with Crippen molar-refractivity contribution in [2.24, 2.45) is 17.8 Å². The molecule has 0 amide bonds. The average Bonchev–Trinajstić information content (AvgIpc) is 2.67. The van der Waals surface area contributed by atoms with Gasteiger partial charge in [-0.15, -0.1) is 0 Å². The molecule has 1 saturated carbocycles. The Bertz CT molecular complexity index is 449. The number of aliphatic hydroxyl groups is 1. The molecule has 0 radical (unpaired) electrons. The molecule has 1 heterocycles. The molecule has 1 saturated heterocycles. The highest BCUT2D eigenvalue weighted by molar-refractivity contribution is 7.54. The van der Waals surface area contributed by atoms with Gasteiger partial charge in [-0.25, -0.2) is 0 Å². The molecule has 2 aliphatic rings. The summed E-state index contributed by atoms with van der Waals surface area (Å²) in [6, 6.07) is -0.269. The molecule has 7 nitrogen and oxygen atoms in total. The lowest BCUT2D eigenvalue weighted by atomic mass is 9.74. The minimum atomic E-state index is -4.77. The van der Waals surface area contributed by atoms with Crippen molar-refractivity contribution in [1.29, 1.82) is 0 Å². The number of carboxylic acids is 1. The van der Waals surface area contributed by atoms with E-state index in [9.17, 15) is 29.4 Å². The molecule has 3 unspecified atom stereocenters. The van der Waals surface area contributed by atoms with Gasteiger partial charge < -0.3 is 25.3 Å². The number of carbonyl (C=O) groups is 1. The van der Waals surface area contributed by atoms with Crippen LogP contribution >= 0.6 is 7.60 Å². The van der Waals surface area contributed by atoms with Gasteiger partial charge in [0.1, 0.15) is 0 Å². The van der Waals surface area contributed by atoms with E-state index in [1.807, 2.05) is 13.8 Å². The average molecular weight is 307 g/mol. The van der Waals surface area contributed by atoms with Crippen LogP contribution in [0.4, 0.5) is 0 Å². The van der Waals surface area contributed by atoms with Crippen LogP contribution in [0.3, 0.4) is 0 Å². The third kappa shape index (κ3) is 2.31. The summed E-state index contributed by atoms with van der Waals surface area (Å²) in [7, 11) is -4.77. The number of hydrogen-bond acceptors (Lipinski definition) is 4. The van der Waals surface area contributed by atoms with E-state index in [0.717, 1.165) is 0 Å². The second kappa shape index (κ2) is 5.07. The maximum Gasteiger partial charge on any atom is 0.342 e. The molecule has 0 spiro atoms. The zero-order valence-electron chi connectivity index (χ0n) is 11.6. The van der Waals surface area contributed by atoms with Crippen LogP contribution < -0.4 is 5.32 Å². The first-order chi connectivity index (χ1) is 9.10. The number of β-amino-alcohol motifs (C(OH)–C–C–N with tert-alkyl or cyclic N) is 1. The minimum absolute atomic E-state index is 0.0901. The Kier molecular flexibility index (Phi) is 4.04. The molecule has 2 fully saturated rings. The number of piperidine rings is 1. The van der Waals surface area contributed by atoms with Crippen molar-refractivity contribution < 1.29 is 29.4 Å². The Balaban J connectivity index is 2.37. The van der Waals surface area contributed by atoms with Crippen LogP contribution in [0.5, 0.6) is 0 Å². The molecule has 116 valence electrons. The standard InChI is InChI=1S/C12H22NO6P/c1-6(2)10-7-3-12(11(15)16,20(17,18)19)4-8(7)13-5-9(10)14/h6-10,13-14H,3-5H2,1-2H3,(H,15,16)(H2,17,18,19)/t7?,8?,9-,10-,12?/m0/s1. The van der Waals surface area contributed by atoms with Gasteiger partial charge in [-0.2, -0.15) is 0 Å². The number of nitrogens with one attached hydrogen (secondary N) is 1. The van der Waals surface area contributed by atoms with Crippen molar-refractivity contribution in [2.45, 2.75) is 44.0 Å². The molecule has 1 aliphatic carbocycles. The number of aliphatic carboxylic acids is 1. The third-order valence-corrected chi connectivity index (χ3v) is 6.57. The molecule has 8 heteroatoms. The van der Waals surface area contributed by atoms with Gasteiger partial charge in [-0.3, -0.25) is 9.36 Å². The Morgan fingerprint density at radius 1 is 1.35 bits per heavy atom. The van der Waals surface area contributed by atoms with E-state index in [0.29, 0.717) is 6.54 Å². The van der Waals surface area contributed by atoms with E-state index in [4.69, 9.17) is 0 Å². The van der Waals surface area contributed by atoms with Crippen LogP contribution in [0.2, 0.25) is 0 Å². The smallest absolute Gasteiger partial charge is 0.342 e. The molecule has 0 bridgehead atoms. The lowest BCUT2D eigenvalue weighted by molar-refractivity contribution is -0.140. The predicted molar refractivity (Wildman–Crippen MR) is 71.3 cm³/mol. The summed E-state index contributed by atoms with van der Waals surface area (Å²) < 4.78 is 11.7. The first-order valence-electron chi connectivity index (χ1n) is 6.80. The molecule has 2 rings (SSSR count). The second-order valence-corrected chi connectivity index (χ2v) is 8.30. The van der Waals surface area contributed by atoms with E-state index in [2.05, 4.69) is 5.32 Å². The van der Waals surface area contributed by atoms with Crippen LogP contribution in [0.15, 0.2) is 0 Å². The highest BCUT2D eigenvalue weighted by atomic mass is 31.2. The molecule has 0 aromatic carbocycles. The van der Waals surface area contributed by atoms with E-state index in [-0.39, 0.29) is 36.6 Å². The van der Waals surface area contributed by atoms with Crippen molar-refractivity contribution in [3.8, 4) is 0 Å². The zero-order chi connectivity index (χ0) is 15.3. The van der Waals surface area contributed by atoms with Crippen molar-refractivity contribution >= 4 is 13.6 Å². The quantitative estimate of drug-likeness (QED) is 0.464. The molecule has 5 atom stereocenters. The highest BCUT2D eigenvalue weighted by Crippen LogP contribution is 2.62. The van der Waals surface area contributed by atoms with Crippen LogP contribution in [0.1, 0.15) is 26.7 Å². The Morgan fingerprint density at radius 3 is 2.40 bits per heavy atom. The summed E-state index contributed by atoms with van der Waals surface area (Å²) in [6.07, 6.45) is -0.796. The van der Waals surface area contributed by atoms with E-state index >= 15 is 0 Å². The van der Waals surface area contributed by atoms with Crippen LogP contribution in [-0.4, -0.2) is 49.8 Å². The number of aliphatic hydroxyl groups excluding tert-OH is 1. The van der Waals surface area contributed by atoms with Crippen molar-refractivity contribution in [1.82, 2.24) is 5.32 Å². The van der Waals surface area contributed by atoms with Gasteiger partial charge in [0.05, 0.1) is 6.10 Å². The molecule has 5 N–H and O–H groups in total. The number of fused-ring (bicyclic) bond motifs is 1. The van der Waals surface area contributed by atoms with Crippen molar-refractivity contribution in [3.05, 3.63) is 0 Å². The molecule has 0 aromatic heterocycles. The van der Waals surface area contributed by atoms with Crippen LogP contribution in [-0.2, 0) is 9.36 Å². The van der Waals surface area contributed by atoms with Gasteiger partial charge in [-0.1, -0.05) is 13.8 Å². The number of carboxylic acid groups (broad SMARTS) is 1. The van der Waals surface area contributed by atoms with Gasteiger partial charge in [0.2, 0.25) is 0 Å². The summed E-state index contributed by atoms with van der Waals surface area (Å²) >= 11 is 0. The minimum Gasteiger partial charge on any atom is -0.480 e. The van der Waals surface area contributed by atoms with Gasteiger partial charge in [0.15, 0.2) is 5.16 Å². The topological polar surface area (TPSA) is 127 Å². The monoisotopic (exact) mass is 307 g/mol. The lowest BCUT2D eigenvalue weighted by Gasteiger charge is -2.40. The van der Waals surface area contributed by atoms with Gasteiger partial charge in [0, 0.05) is 12.6 Å². The summed E-state index contributed by atoms with van der Waals surface area (Å²) in [5, 5.41) is 20.5. The third-order valence-electron chi connectivity index (χ3n) is 4.90. The van der Waals surface area contributed by atoms with E-state index in [1.165, 1.54) is 0 Å². The van der Waals surface area contributed by atoms with E-state index in [1.54, 1.807) is 0 Å². The Morgan fingerprint density at radius 2 is 1.95 bits per heavy atom. The largest absolute Gasteiger partial charge is 0.480 e. The molecular formula is C12H22NO6P. The fourth-order valence-electron chi connectivity index (χ4n) is 3.93. The van der Waals surface area contributed by atoms with Gasteiger partial charge >= 0.3 is 13.6 Å². The lowest BCUT2D eigenvalue weighted by Crippen LogP contribution is -2.52. The summed E-state index contributed by atoms with van der Waals surface area (Å²) in [6.45, 7) is 4.21. The zero-order valence-corrected chi connectivity index (χ0v) is 12.5. The van der Waals surface area contributed by atoms with E-state index < -0.39 is 24.8 Å². The summed E-state index contributed by atoms with van der Waals surface area (Å²) in [5.41, 5.74) is 0. The predicted octanol–water partition coefficient (Wildman–Crippen LogP) is 0.00240. The van der Waals surface area contributed by atoms with Gasteiger partial charge in [0.25, 0.3) is 0 Å². The summed E-state index contributed by atoms with van der Waals surface area (Å²) in [4.78, 5) is 30.5. The molecule has 1 aliphatic heterocycles. The SMILES string of the molecule is CC(C)[C@H]1C2CC(C(=O)O)(P(=O)(O)O)CC2NC[C@@H]1O. The van der Waals surface area contributed by atoms with Crippen molar-refractivity contribution in [2.75, 3.05) is 6.54 Å². The van der Waals surface area contributed by atoms with Crippen LogP contribution in [0, 0.1) is 17.8 Å². The second-order valence-electron chi connectivity index (χ2n) is 6.36. The number of rotatable bonds is 3.